The minimum atomic E-state index is 0.141. The lowest BCUT2D eigenvalue weighted by atomic mass is 10.0. The molecule has 2 aromatic rings. The third-order valence-corrected chi connectivity index (χ3v) is 3.99. The Labute approximate surface area is 129 Å². The second-order valence-electron chi connectivity index (χ2n) is 4.96. The van der Waals surface area contributed by atoms with Gasteiger partial charge in [-0.25, -0.2) is 4.98 Å². The molecule has 1 N–H and O–H groups in total. The number of nitrogens with zero attached hydrogens (tertiary/aromatic N) is 2. The summed E-state index contributed by atoms with van der Waals surface area (Å²) in [6, 6.07) is 6.57. The minimum Gasteiger partial charge on any atom is -0.334 e. The molecule has 2 rings (SSSR count). The maximum Gasteiger partial charge on any atom is 0.130 e. The van der Waals surface area contributed by atoms with Gasteiger partial charge in [-0.15, -0.1) is 0 Å². The van der Waals surface area contributed by atoms with Crippen molar-refractivity contribution in [1.82, 2.24) is 14.9 Å². The molecular formula is C16H22BrN3. The van der Waals surface area contributed by atoms with Crippen LogP contribution in [0.3, 0.4) is 0 Å². The highest BCUT2D eigenvalue weighted by molar-refractivity contribution is 9.10. The van der Waals surface area contributed by atoms with Crippen molar-refractivity contribution in [3.05, 3.63) is 52.0 Å². The fourth-order valence-corrected chi connectivity index (χ4v) is 2.78. The number of halogens is 1. The molecule has 3 nitrogen and oxygen atoms in total. The average molecular weight is 336 g/mol. The van der Waals surface area contributed by atoms with Crippen LogP contribution >= 0.6 is 15.9 Å². The molecule has 0 saturated heterocycles. The predicted octanol–water partition coefficient (Wildman–Crippen LogP) is 4.06. The summed E-state index contributed by atoms with van der Waals surface area (Å²) in [5.41, 5.74) is 2.57. The molecule has 1 heterocycles. The van der Waals surface area contributed by atoms with Crippen molar-refractivity contribution in [1.29, 1.82) is 0 Å². The molecule has 1 aromatic carbocycles. The summed E-state index contributed by atoms with van der Waals surface area (Å²) in [7, 11) is 0. The van der Waals surface area contributed by atoms with Crippen LogP contribution in [0.25, 0.3) is 0 Å². The minimum absolute atomic E-state index is 0.141. The highest BCUT2D eigenvalue weighted by Gasteiger charge is 2.20. The molecule has 0 spiro atoms. The SMILES string of the molecule is CCCNC(c1cc(Br)ccc1C)c1nccn1CC. The second-order valence-corrected chi connectivity index (χ2v) is 5.88. The molecule has 0 aliphatic heterocycles. The summed E-state index contributed by atoms with van der Waals surface area (Å²) in [5, 5.41) is 3.63. The van der Waals surface area contributed by atoms with Crippen molar-refractivity contribution in [2.24, 2.45) is 0 Å². The molecule has 0 saturated carbocycles. The Kier molecular flexibility index (Phi) is 5.38. The van der Waals surface area contributed by atoms with E-state index in [0.717, 1.165) is 29.8 Å². The quantitative estimate of drug-likeness (QED) is 0.862. The molecular weight excluding hydrogens is 314 g/mol. The van der Waals surface area contributed by atoms with Crippen molar-refractivity contribution in [2.75, 3.05) is 6.54 Å². The Balaban J connectivity index is 2.44. The highest BCUT2D eigenvalue weighted by Crippen LogP contribution is 2.27. The molecule has 0 fully saturated rings. The molecule has 108 valence electrons. The van der Waals surface area contributed by atoms with Crippen LogP contribution in [0.1, 0.15) is 43.3 Å². The number of nitrogens with one attached hydrogen (secondary N) is 1. The van der Waals surface area contributed by atoms with Crippen LogP contribution in [-0.4, -0.2) is 16.1 Å². The topological polar surface area (TPSA) is 29.9 Å². The van der Waals surface area contributed by atoms with E-state index in [0.29, 0.717) is 0 Å². The van der Waals surface area contributed by atoms with Gasteiger partial charge in [0.05, 0.1) is 6.04 Å². The second kappa shape index (κ2) is 7.04. The first-order valence-corrected chi connectivity index (χ1v) is 7.97. The standard InChI is InChI=1S/C16H22BrN3/c1-4-8-18-15(16-19-9-10-20(16)5-2)14-11-13(17)7-6-12(14)3/h6-7,9-11,15,18H,4-5,8H2,1-3H3. The van der Waals surface area contributed by atoms with Gasteiger partial charge in [-0.05, 0) is 50.1 Å². The Morgan fingerprint density at radius 3 is 2.85 bits per heavy atom. The van der Waals surface area contributed by atoms with Gasteiger partial charge in [0.15, 0.2) is 0 Å². The fourth-order valence-electron chi connectivity index (χ4n) is 2.40. The van der Waals surface area contributed by atoms with Gasteiger partial charge in [0, 0.05) is 23.4 Å². The van der Waals surface area contributed by atoms with Crippen molar-refractivity contribution >= 4 is 15.9 Å². The number of imidazole rings is 1. The first-order chi connectivity index (χ1) is 9.67. The summed E-state index contributed by atoms with van der Waals surface area (Å²) in [4.78, 5) is 4.57. The van der Waals surface area contributed by atoms with Crippen LogP contribution in [0.2, 0.25) is 0 Å². The van der Waals surface area contributed by atoms with Crippen molar-refractivity contribution in [3.63, 3.8) is 0 Å². The zero-order valence-corrected chi connectivity index (χ0v) is 13.9. The van der Waals surface area contributed by atoms with Crippen LogP contribution < -0.4 is 5.32 Å². The Morgan fingerprint density at radius 1 is 1.35 bits per heavy atom. The number of benzene rings is 1. The van der Waals surface area contributed by atoms with Crippen LogP contribution in [0.5, 0.6) is 0 Å². The van der Waals surface area contributed by atoms with E-state index in [9.17, 15) is 0 Å². The van der Waals surface area contributed by atoms with E-state index in [4.69, 9.17) is 0 Å². The van der Waals surface area contributed by atoms with Crippen LogP contribution in [0, 0.1) is 6.92 Å². The summed E-state index contributed by atoms with van der Waals surface area (Å²) in [6.45, 7) is 8.40. The first-order valence-electron chi connectivity index (χ1n) is 7.17. The van der Waals surface area contributed by atoms with E-state index in [1.807, 2.05) is 12.4 Å². The van der Waals surface area contributed by atoms with Gasteiger partial charge in [-0.1, -0.05) is 28.9 Å². The third-order valence-electron chi connectivity index (χ3n) is 3.50. The zero-order valence-electron chi connectivity index (χ0n) is 12.4. The van der Waals surface area contributed by atoms with E-state index in [1.54, 1.807) is 0 Å². The van der Waals surface area contributed by atoms with Gasteiger partial charge in [0.1, 0.15) is 5.82 Å². The van der Waals surface area contributed by atoms with Crippen molar-refractivity contribution in [3.8, 4) is 0 Å². The van der Waals surface area contributed by atoms with E-state index in [-0.39, 0.29) is 6.04 Å². The van der Waals surface area contributed by atoms with E-state index in [1.165, 1.54) is 11.1 Å². The number of rotatable bonds is 6. The molecule has 4 heteroatoms. The Morgan fingerprint density at radius 2 is 2.15 bits per heavy atom. The lowest BCUT2D eigenvalue weighted by Crippen LogP contribution is -2.26. The van der Waals surface area contributed by atoms with Crippen molar-refractivity contribution < 1.29 is 0 Å². The Bertz CT molecular complexity index is 563. The molecule has 1 atom stereocenters. The maximum atomic E-state index is 4.57. The first kappa shape index (κ1) is 15.3. The smallest absolute Gasteiger partial charge is 0.130 e. The summed E-state index contributed by atoms with van der Waals surface area (Å²) in [6.07, 6.45) is 5.03. The van der Waals surface area contributed by atoms with Gasteiger partial charge in [-0.2, -0.15) is 0 Å². The molecule has 0 radical (unpaired) electrons. The monoisotopic (exact) mass is 335 g/mol. The molecule has 20 heavy (non-hydrogen) atoms. The maximum absolute atomic E-state index is 4.57. The Hall–Kier alpha value is -1.13. The van der Waals surface area contributed by atoms with E-state index in [2.05, 4.69) is 69.8 Å². The van der Waals surface area contributed by atoms with Gasteiger partial charge in [-0.3, -0.25) is 0 Å². The van der Waals surface area contributed by atoms with Gasteiger partial charge < -0.3 is 9.88 Å². The lowest BCUT2D eigenvalue weighted by Gasteiger charge is -2.21. The van der Waals surface area contributed by atoms with E-state index >= 15 is 0 Å². The zero-order chi connectivity index (χ0) is 14.5. The largest absolute Gasteiger partial charge is 0.334 e. The average Bonchev–Trinajstić information content (AvgIpc) is 2.91. The molecule has 0 aliphatic carbocycles. The normalized spacial score (nSPS) is 12.6. The van der Waals surface area contributed by atoms with E-state index < -0.39 is 0 Å². The van der Waals surface area contributed by atoms with Gasteiger partial charge in [0.25, 0.3) is 0 Å². The van der Waals surface area contributed by atoms with Crippen LogP contribution in [0.15, 0.2) is 35.1 Å². The lowest BCUT2D eigenvalue weighted by molar-refractivity contribution is 0.539. The van der Waals surface area contributed by atoms with Gasteiger partial charge in [0.2, 0.25) is 0 Å². The predicted molar refractivity (Wildman–Crippen MR) is 86.9 cm³/mol. The third kappa shape index (κ3) is 3.30. The van der Waals surface area contributed by atoms with Crippen LogP contribution in [-0.2, 0) is 6.54 Å². The van der Waals surface area contributed by atoms with Crippen molar-refractivity contribution in [2.45, 2.75) is 39.8 Å². The molecule has 0 aliphatic rings. The van der Waals surface area contributed by atoms with Crippen LogP contribution in [0.4, 0.5) is 0 Å². The summed E-state index contributed by atoms with van der Waals surface area (Å²) < 4.78 is 3.31. The highest BCUT2D eigenvalue weighted by atomic mass is 79.9. The molecule has 1 aromatic heterocycles. The summed E-state index contributed by atoms with van der Waals surface area (Å²) >= 11 is 3.58. The fraction of sp³-hybridized carbons (Fsp3) is 0.438. The number of aromatic nitrogens is 2. The molecule has 1 unspecified atom stereocenters. The molecule has 0 amide bonds. The number of hydrogen-bond donors (Lipinski definition) is 1. The van der Waals surface area contributed by atoms with Gasteiger partial charge >= 0.3 is 0 Å². The summed E-state index contributed by atoms with van der Waals surface area (Å²) in [5.74, 6) is 1.09. The number of aryl methyl sites for hydroxylation is 2. The number of hydrogen-bond acceptors (Lipinski definition) is 2. The molecule has 0 bridgehead atoms.